The Bertz CT molecular complexity index is 1710. The first-order valence-electron chi connectivity index (χ1n) is 14.8. The number of ketones is 1. The van der Waals surface area contributed by atoms with E-state index in [-0.39, 0.29) is 0 Å². The van der Waals surface area contributed by atoms with Crippen molar-refractivity contribution in [1.29, 1.82) is 0 Å². The highest BCUT2D eigenvalue weighted by atomic mass is 16.6. The number of aromatic nitrogens is 2. The van der Waals surface area contributed by atoms with Gasteiger partial charge in [0.1, 0.15) is 41.5 Å². The van der Waals surface area contributed by atoms with Gasteiger partial charge in [0.15, 0.2) is 12.0 Å². The Morgan fingerprint density at radius 3 is 1.85 bits per heavy atom. The number of aliphatic hydroxyl groups excluding tert-OH is 2. The van der Waals surface area contributed by atoms with Gasteiger partial charge in [-0.25, -0.2) is 4.79 Å². The van der Waals surface area contributed by atoms with Gasteiger partial charge < -0.3 is 29.2 Å². The number of carbonyl (C=O) groups excluding carboxylic acids is 1. The van der Waals surface area contributed by atoms with E-state index in [1.54, 1.807) is 59.3 Å². The van der Waals surface area contributed by atoms with Crippen LogP contribution < -0.4 is 20.7 Å². The zero-order valence-corrected chi connectivity index (χ0v) is 26.2. The molecule has 1 aliphatic rings. The van der Waals surface area contributed by atoms with Crippen LogP contribution in [0.15, 0.2) is 101 Å². The second kappa shape index (κ2) is 13.1. The van der Waals surface area contributed by atoms with Gasteiger partial charge in [-0.15, -0.1) is 0 Å². The molecule has 11 nitrogen and oxygen atoms in total. The maximum Gasteiger partial charge on any atom is 0.330 e. The molecule has 1 aliphatic heterocycles. The van der Waals surface area contributed by atoms with Crippen LogP contribution in [0, 0.1) is 5.41 Å². The van der Waals surface area contributed by atoms with E-state index in [2.05, 4.69) is 4.98 Å². The Hall–Kier alpha value is -4.55. The zero-order valence-electron chi connectivity index (χ0n) is 26.2. The average Bonchev–Trinajstić information content (AvgIpc) is 3.37. The normalized spacial score (nSPS) is 20.7. The third kappa shape index (κ3) is 6.14. The lowest BCUT2D eigenvalue weighted by molar-refractivity contribution is -0.157. The van der Waals surface area contributed by atoms with Crippen molar-refractivity contribution in [2.45, 2.75) is 57.0 Å². The van der Waals surface area contributed by atoms with Crippen LogP contribution in [0.3, 0.4) is 0 Å². The molecule has 1 fully saturated rings. The lowest BCUT2D eigenvalue weighted by atomic mass is 9.79. The molecular formula is C35H38N2O9. The Balaban J connectivity index is 1.74. The van der Waals surface area contributed by atoms with Gasteiger partial charge in [-0.2, -0.15) is 0 Å². The van der Waals surface area contributed by atoms with Crippen LogP contribution in [-0.2, 0) is 19.9 Å². The van der Waals surface area contributed by atoms with E-state index in [0.717, 1.165) is 10.6 Å². The smallest absolute Gasteiger partial charge is 0.330 e. The monoisotopic (exact) mass is 630 g/mol. The molecule has 242 valence electrons. The highest BCUT2D eigenvalue weighted by Crippen LogP contribution is 2.46. The van der Waals surface area contributed by atoms with E-state index in [1.807, 2.05) is 54.6 Å². The zero-order chi connectivity index (χ0) is 33.2. The summed E-state index contributed by atoms with van der Waals surface area (Å²) in [6.07, 6.45) is -6.37. The van der Waals surface area contributed by atoms with Crippen LogP contribution >= 0.6 is 0 Å². The number of aliphatic hydroxyl groups is 2. The van der Waals surface area contributed by atoms with Crippen LogP contribution in [0.1, 0.15) is 43.7 Å². The first-order chi connectivity index (χ1) is 21.9. The lowest BCUT2D eigenvalue weighted by Gasteiger charge is -2.40. The molecule has 0 spiro atoms. The van der Waals surface area contributed by atoms with Gasteiger partial charge in [0, 0.05) is 17.7 Å². The van der Waals surface area contributed by atoms with Crippen molar-refractivity contribution in [2.75, 3.05) is 14.2 Å². The minimum Gasteiger partial charge on any atom is -0.497 e. The summed E-state index contributed by atoms with van der Waals surface area (Å²) >= 11 is 0. The highest BCUT2D eigenvalue weighted by Gasteiger charge is 2.55. The van der Waals surface area contributed by atoms with Crippen molar-refractivity contribution < 1.29 is 34.0 Å². The van der Waals surface area contributed by atoms with Gasteiger partial charge in [-0.1, -0.05) is 75.4 Å². The molecule has 3 aromatic carbocycles. The van der Waals surface area contributed by atoms with Crippen molar-refractivity contribution >= 4 is 5.78 Å². The molecule has 11 heteroatoms. The molecule has 1 unspecified atom stereocenters. The summed E-state index contributed by atoms with van der Waals surface area (Å²) in [7, 11) is 3.12. The molecule has 5 rings (SSSR count). The minimum absolute atomic E-state index is 0.549. The van der Waals surface area contributed by atoms with Crippen LogP contribution in [0.5, 0.6) is 11.5 Å². The SMILES string of the molecule is COc1ccc(C(O[C@H]2[C@@H](O)[C@H](n3ccc(=O)[nH]c3=O)O[C@@H]2C(O)C(=O)C(C)(C)C)(c2ccccc2)c2ccc(OC)cc2)cc1. The summed E-state index contributed by atoms with van der Waals surface area (Å²) < 4.78 is 25.1. The molecule has 5 atom stereocenters. The number of carbonyl (C=O) groups is 1. The molecule has 0 radical (unpaired) electrons. The van der Waals surface area contributed by atoms with Gasteiger partial charge in [-0.3, -0.25) is 19.1 Å². The molecule has 0 aliphatic carbocycles. The summed E-state index contributed by atoms with van der Waals surface area (Å²) in [6, 6.07) is 24.8. The number of ether oxygens (including phenoxy) is 4. The van der Waals surface area contributed by atoms with Crippen molar-refractivity contribution in [2.24, 2.45) is 5.41 Å². The van der Waals surface area contributed by atoms with Crippen LogP contribution in [0.25, 0.3) is 0 Å². The number of nitrogens with one attached hydrogen (secondary N) is 1. The van der Waals surface area contributed by atoms with E-state index in [1.165, 1.54) is 6.20 Å². The van der Waals surface area contributed by atoms with Gasteiger partial charge >= 0.3 is 5.69 Å². The van der Waals surface area contributed by atoms with Gasteiger partial charge in [0.25, 0.3) is 5.56 Å². The quantitative estimate of drug-likeness (QED) is 0.225. The molecule has 2 heterocycles. The predicted octanol–water partition coefficient (Wildman–Crippen LogP) is 3.17. The Morgan fingerprint density at radius 2 is 1.37 bits per heavy atom. The number of rotatable bonds is 10. The fourth-order valence-electron chi connectivity index (χ4n) is 5.75. The van der Waals surface area contributed by atoms with E-state index < -0.39 is 58.7 Å². The number of methoxy groups -OCH3 is 2. The topological polar surface area (TPSA) is 149 Å². The van der Waals surface area contributed by atoms with Crippen molar-refractivity contribution in [3.8, 4) is 11.5 Å². The summed E-state index contributed by atoms with van der Waals surface area (Å²) in [4.78, 5) is 40.3. The lowest BCUT2D eigenvalue weighted by Crippen LogP contribution is -2.51. The van der Waals surface area contributed by atoms with Gasteiger partial charge in [0.2, 0.25) is 0 Å². The fraction of sp³-hybridized carbons (Fsp3) is 0.343. The van der Waals surface area contributed by atoms with Gasteiger partial charge in [0.05, 0.1) is 14.2 Å². The molecule has 0 bridgehead atoms. The molecule has 46 heavy (non-hydrogen) atoms. The largest absolute Gasteiger partial charge is 0.497 e. The van der Waals surface area contributed by atoms with E-state index in [0.29, 0.717) is 28.2 Å². The molecular weight excluding hydrogens is 592 g/mol. The molecule has 1 saturated heterocycles. The summed E-state index contributed by atoms with van der Waals surface area (Å²) in [6.45, 7) is 4.98. The van der Waals surface area contributed by atoms with Crippen molar-refractivity contribution in [3.63, 3.8) is 0 Å². The van der Waals surface area contributed by atoms with Crippen molar-refractivity contribution in [1.82, 2.24) is 9.55 Å². The summed E-state index contributed by atoms with van der Waals surface area (Å²) in [5.41, 5.74) is -1.97. The second-order valence-electron chi connectivity index (χ2n) is 12.1. The standard InChI is InChI=1S/C35H38N2O9/c1-34(2,3)31(41)27(39)29-30(28(40)32(45-29)37-20-19-26(38)36-33(37)42)46-35(21-9-7-6-8-10-21,22-11-15-24(43-4)16-12-22)23-13-17-25(44-5)18-14-23/h6-20,27-30,32,39-40H,1-5H3,(H,36,38,42)/t27?,28-,29-,30+,32-/m1/s1. The Labute approximate surface area is 266 Å². The number of hydrogen-bond donors (Lipinski definition) is 3. The van der Waals surface area contributed by atoms with Crippen LogP contribution in [0.4, 0.5) is 0 Å². The molecule has 0 saturated carbocycles. The number of benzene rings is 3. The molecule has 1 aromatic heterocycles. The van der Waals surface area contributed by atoms with Crippen molar-refractivity contribution in [3.05, 3.63) is 129 Å². The van der Waals surface area contributed by atoms with E-state index in [9.17, 15) is 24.6 Å². The number of hydrogen-bond acceptors (Lipinski definition) is 9. The molecule has 3 N–H and O–H groups in total. The first kappa shape index (κ1) is 32.8. The van der Waals surface area contributed by atoms with E-state index >= 15 is 0 Å². The highest BCUT2D eigenvalue weighted by molar-refractivity contribution is 5.88. The maximum absolute atomic E-state index is 13.5. The third-order valence-corrected chi connectivity index (χ3v) is 8.18. The predicted molar refractivity (Wildman–Crippen MR) is 169 cm³/mol. The number of H-pyrrole nitrogens is 1. The Morgan fingerprint density at radius 1 is 0.848 bits per heavy atom. The maximum atomic E-state index is 13.5. The fourth-order valence-corrected chi connectivity index (χ4v) is 5.75. The summed E-state index contributed by atoms with van der Waals surface area (Å²) in [5.74, 6) is 0.657. The summed E-state index contributed by atoms with van der Waals surface area (Å²) in [5, 5.41) is 23.4. The molecule has 4 aromatic rings. The van der Waals surface area contributed by atoms with Gasteiger partial charge in [-0.05, 0) is 41.0 Å². The third-order valence-electron chi connectivity index (χ3n) is 8.18. The first-order valence-corrected chi connectivity index (χ1v) is 14.8. The Kier molecular flexibility index (Phi) is 9.32. The molecule has 0 amide bonds. The number of nitrogens with zero attached hydrogens (tertiary/aromatic N) is 1. The second-order valence-corrected chi connectivity index (χ2v) is 12.1. The minimum atomic E-state index is -1.75. The van der Waals surface area contributed by atoms with Crippen LogP contribution in [0.2, 0.25) is 0 Å². The van der Waals surface area contributed by atoms with Crippen LogP contribution in [-0.4, -0.2) is 64.2 Å². The number of aromatic amines is 1. The van der Waals surface area contributed by atoms with E-state index in [4.69, 9.17) is 18.9 Å². The average molecular weight is 631 g/mol. The number of Topliss-reactive ketones (excluding diaryl/α,β-unsaturated/α-hetero) is 1.